The van der Waals surface area contributed by atoms with Crippen LogP contribution in [0.5, 0.6) is 0 Å². The van der Waals surface area contributed by atoms with Crippen LogP contribution >= 0.6 is 0 Å². The number of amides is 2. The molecule has 0 bridgehead atoms. The smallest absolute Gasteiger partial charge is 0.312 e. The average Bonchev–Trinajstić information content (AvgIpc) is 3.38. The highest BCUT2D eigenvalue weighted by atomic mass is 16.6. The monoisotopic (exact) mass is 556 g/mol. The van der Waals surface area contributed by atoms with Gasteiger partial charge in [-0.15, -0.1) is 0 Å². The molecule has 8 nitrogen and oxygen atoms in total. The number of nitrogens with zero attached hydrogens (tertiary/aromatic N) is 2. The molecule has 214 valence electrons. The van der Waals surface area contributed by atoms with Gasteiger partial charge in [0.15, 0.2) is 0 Å². The van der Waals surface area contributed by atoms with Crippen LogP contribution in [-0.2, 0) is 30.3 Å². The highest BCUT2D eigenvalue weighted by Gasteiger charge is 2.72. The van der Waals surface area contributed by atoms with Gasteiger partial charge in [0.05, 0.1) is 31.3 Å². The summed E-state index contributed by atoms with van der Waals surface area (Å²) in [5, 5.41) is 10.7. The van der Waals surface area contributed by atoms with Crippen molar-refractivity contribution in [3.05, 3.63) is 89.5 Å². The Balaban J connectivity index is 1.49. The van der Waals surface area contributed by atoms with Gasteiger partial charge in [0.1, 0.15) is 17.6 Å². The van der Waals surface area contributed by atoms with Crippen molar-refractivity contribution in [3.63, 3.8) is 0 Å². The fraction of sp³-hybridized carbons (Fsp3) is 0.424. The molecule has 0 saturated carbocycles. The lowest BCUT2D eigenvalue weighted by atomic mass is 9.78. The summed E-state index contributed by atoms with van der Waals surface area (Å²) < 4.78 is 12.3. The van der Waals surface area contributed by atoms with Crippen molar-refractivity contribution in [1.82, 2.24) is 4.90 Å². The third-order valence-corrected chi connectivity index (χ3v) is 8.86. The lowest BCUT2D eigenvalue weighted by Crippen LogP contribution is -2.58. The molecular weight excluding hydrogens is 520 g/mol. The second-order valence-electron chi connectivity index (χ2n) is 11.5. The molecule has 4 aliphatic rings. The van der Waals surface area contributed by atoms with Crippen molar-refractivity contribution >= 4 is 23.5 Å². The fourth-order valence-electron chi connectivity index (χ4n) is 6.95. The number of ether oxygens (including phenoxy) is 2. The van der Waals surface area contributed by atoms with Crippen molar-refractivity contribution in [3.8, 4) is 0 Å². The van der Waals surface area contributed by atoms with Crippen molar-refractivity contribution in [2.75, 3.05) is 24.7 Å². The first-order valence-electron chi connectivity index (χ1n) is 14.4. The molecule has 4 aliphatic heterocycles. The van der Waals surface area contributed by atoms with E-state index < -0.39 is 41.6 Å². The quantitative estimate of drug-likeness (QED) is 0.449. The summed E-state index contributed by atoms with van der Waals surface area (Å²) in [4.78, 5) is 45.9. The van der Waals surface area contributed by atoms with E-state index in [1.54, 1.807) is 4.90 Å². The number of aliphatic hydroxyl groups excluding tert-OH is 1. The molecule has 6 rings (SSSR count). The third-order valence-electron chi connectivity index (χ3n) is 8.86. The Morgan fingerprint density at radius 3 is 2.63 bits per heavy atom. The molecule has 1 spiro atoms. The predicted octanol–water partition coefficient (Wildman–Crippen LogP) is 3.28. The number of likely N-dealkylation sites (tertiary alicyclic amines) is 1. The number of carbonyl (C=O) groups is 3. The molecule has 6 atom stereocenters. The zero-order valence-corrected chi connectivity index (χ0v) is 23.4. The Kier molecular flexibility index (Phi) is 7.30. The maximum atomic E-state index is 14.7. The maximum Gasteiger partial charge on any atom is 0.312 e. The number of carbonyl (C=O) groups excluding carboxylic acids is 3. The summed E-state index contributed by atoms with van der Waals surface area (Å²) in [6.45, 7) is 4.13. The summed E-state index contributed by atoms with van der Waals surface area (Å²) in [6.07, 6.45) is 8.55. The number of aliphatic hydroxyl groups is 1. The second kappa shape index (κ2) is 10.9. The van der Waals surface area contributed by atoms with Gasteiger partial charge >= 0.3 is 5.97 Å². The number of benzene rings is 2. The first kappa shape index (κ1) is 27.4. The van der Waals surface area contributed by atoms with Crippen LogP contribution in [0.3, 0.4) is 0 Å². The number of allylic oxidation sites excluding steroid dienone is 1. The fourth-order valence-corrected chi connectivity index (χ4v) is 6.95. The topological polar surface area (TPSA) is 96.4 Å². The lowest BCUT2D eigenvalue weighted by Gasteiger charge is -2.39. The molecule has 0 aliphatic carbocycles. The van der Waals surface area contributed by atoms with Gasteiger partial charge in [0, 0.05) is 12.2 Å². The first-order chi connectivity index (χ1) is 19.9. The summed E-state index contributed by atoms with van der Waals surface area (Å²) in [5.74, 6) is -3.02. The highest BCUT2D eigenvalue weighted by molar-refractivity contribution is 6.06. The molecular formula is C33H36N2O6. The number of fused-ring (bicyclic) bond motifs is 2. The van der Waals surface area contributed by atoms with Crippen molar-refractivity contribution < 1.29 is 29.0 Å². The van der Waals surface area contributed by atoms with E-state index in [0.29, 0.717) is 12.8 Å². The molecule has 2 aromatic carbocycles. The highest BCUT2D eigenvalue weighted by Crippen LogP contribution is 2.54. The number of hydrogen-bond acceptors (Lipinski definition) is 6. The SMILES string of the molecule is Cc1ccc(C)c(N2CC=C[C@]34O[C@@H]5/C=C\CCCOC(=O)[C@@H]5[C@H]3C(=O)N([C@@H](CO)Cc3ccccc3)C4C2=O)c1. The summed E-state index contributed by atoms with van der Waals surface area (Å²) >= 11 is 0. The molecule has 2 aromatic rings. The number of anilines is 1. The van der Waals surface area contributed by atoms with E-state index in [-0.39, 0.29) is 31.6 Å². The molecule has 41 heavy (non-hydrogen) atoms. The minimum absolute atomic E-state index is 0.260. The molecule has 0 radical (unpaired) electrons. The largest absolute Gasteiger partial charge is 0.465 e. The van der Waals surface area contributed by atoms with E-state index in [0.717, 1.165) is 28.8 Å². The van der Waals surface area contributed by atoms with E-state index in [9.17, 15) is 19.5 Å². The Hall–Kier alpha value is -3.75. The van der Waals surface area contributed by atoms with Crippen LogP contribution in [0.15, 0.2) is 72.8 Å². The van der Waals surface area contributed by atoms with Crippen LogP contribution in [0.1, 0.15) is 29.5 Å². The first-order valence-corrected chi connectivity index (χ1v) is 14.4. The molecule has 2 fully saturated rings. The van der Waals surface area contributed by atoms with Crippen molar-refractivity contribution in [2.45, 2.75) is 56.9 Å². The number of aryl methyl sites for hydroxylation is 2. The van der Waals surface area contributed by atoms with Gasteiger partial charge in [0.2, 0.25) is 5.91 Å². The van der Waals surface area contributed by atoms with Crippen LogP contribution in [-0.4, -0.2) is 71.3 Å². The molecule has 2 saturated heterocycles. The van der Waals surface area contributed by atoms with Gasteiger partial charge in [-0.05, 0) is 55.9 Å². The Bertz CT molecular complexity index is 1400. The molecule has 8 heteroatoms. The second-order valence-corrected chi connectivity index (χ2v) is 11.5. The lowest BCUT2D eigenvalue weighted by molar-refractivity contribution is -0.155. The Morgan fingerprint density at radius 1 is 1.05 bits per heavy atom. The number of cyclic esters (lactones) is 1. The number of rotatable bonds is 5. The minimum Gasteiger partial charge on any atom is -0.465 e. The number of hydrogen-bond donors (Lipinski definition) is 1. The standard InChI is InChI=1S/C33H36N2O6/c1-21-13-14-22(2)25(18-21)34-16-9-15-33-28(27-26(41-33)12-7-4-8-17-40-32(27)39)30(37)35(29(33)31(34)38)24(20-36)19-23-10-5-3-6-11-23/h3,5-7,9-15,18,24,26-29,36H,4,8,16-17,19-20H2,1-2H3/b12-7-/t24-,26-,27+,28+,29?,33+/m1/s1. The average molecular weight is 557 g/mol. The van der Waals surface area contributed by atoms with Crippen LogP contribution in [0, 0.1) is 25.7 Å². The number of esters is 1. The molecule has 4 heterocycles. The van der Waals surface area contributed by atoms with Crippen LogP contribution in [0.2, 0.25) is 0 Å². The molecule has 1 unspecified atom stereocenters. The predicted molar refractivity (Wildman–Crippen MR) is 153 cm³/mol. The van der Waals surface area contributed by atoms with Gasteiger partial charge < -0.3 is 24.4 Å². The van der Waals surface area contributed by atoms with E-state index in [1.165, 1.54) is 4.90 Å². The van der Waals surface area contributed by atoms with E-state index >= 15 is 0 Å². The van der Waals surface area contributed by atoms with Gasteiger partial charge in [0.25, 0.3) is 5.91 Å². The van der Waals surface area contributed by atoms with Gasteiger partial charge in [-0.3, -0.25) is 14.4 Å². The Labute approximate surface area is 240 Å². The summed E-state index contributed by atoms with van der Waals surface area (Å²) in [5.41, 5.74) is 2.24. The van der Waals surface area contributed by atoms with Crippen molar-refractivity contribution in [1.29, 1.82) is 0 Å². The summed E-state index contributed by atoms with van der Waals surface area (Å²) in [6, 6.07) is 13.8. The third kappa shape index (κ3) is 4.59. The molecule has 1 N–H and O–H groups in total. The van der Waals surface area contributed by atoms with Gasteiger partial charge in [-0.1, -0.05) is 66.8 Å². The molecule has 0 aromatic heterocycles. The maximum absolute atomic E-state index is 14.7. The minimum atomic E-state index is -1.39. The van der Waals surface area contributed by atoms with E-state index in [2.05, 4.69) is 0 Å². The van der Waals surface area contributed by atoms with Crippen LogP contribution in [0.4, 0.5) is 5.69 Å². The normalized spacial score (nSPS) is 30.9. The van der Waals surface area contributed by atoms with Crippen LogP contribution in [0.25, 0.3) is 0 Å². The van der Waals surface area contributed by atoms with Gasteiger partial charge in [-0.25, -0.2) is 0 Å². The summed E-state index contributed by atoms with van der Waals surface area (Å²) in [7, 11) is 0. The van der Waals surface area contributed by atoms with E-state index in [1.807, 2.05) is 86.7 Å². The molecule has 2 amide bonds. The Morgan fingerprint density at radius 2 is 1.85 bits per heavy atom. The zero-order chi connectivity index (χ0) is 28.7. The zero-order valence-electron chi connectivity index (χ0n) is 23.4. The van der Waals surface area contributed by atoms with Crippen molar-refractivity contribution in [2.24, 2.45) is 11.8 Å². The van der Waals surface area contributed by atoms with E-state index in [4.69, 9.17) is 9.47 Å². The van der Waals surface area contributed by atoms with Gasteiger partial charge in [-0.2, -0.15) is 0 Å². The van der Waals surface area contributed by atoms with Crippen LogP contribution < -0.4 is 4.90 Å².